The monoisotopic (exact) mass is 257 g/mol. The van der Waals surface area contributed by atoms with E-state index in [-0.39, 0.29) is 17.3 Å². The average Bonchev–Trinajstić information content (AvgIpc) is 2.75. The lowest BCUT2D eigenvalue weighted by Gasteiger charge is -2.11. The quantitative estimate of drug-likeness (QED) is 0.839. The average molecular weight is 257 g/mol. The number of hydrogen-bond acceptors (Lipinski definition) is 4. The van der Waals surface area contributed by atoms with Gasteiger partial charge in [-0.25, -0.2) is 13.2 Å². The predicted octanol–water partition coefficient (Wildman–Crippen LogP) is 2.35. The number of rotatable bonds is 2. The van der Waals surface area contributed by atoms with Gasteiger partial charge in [-0.1, -0.05) is 5.16 Å². The summed E-state index contributed by atoms with van der Waals surface area (Å²) < 4.78 is 44.1. The lowest BCUT2D eigenvalue weighted by atomic mass is 10.1. The highest BCUT2D eigenvalue weighted by atomic mass is 19.2. The fourth-order valence-electron chi connectivity index (χ4n) is 1.29. The summed E-state index contributed by atoms with van der Waals surface area (Å²) in [5.74, 6) is -4.35. The third-order valence-electron chi connectivity index (χ3n) is 2.27. The zero-order valence-electron chi connectivity index (χ0n) is 9.67. The molecule has 0 aliphatic heterocycles. The summed E-state index contributed by atoms with van der Waals surface area (Å²) >= 11 is 0. The van der Waals surface area contributed by atoms with Crippen molar-refractivity contribution in [1.82, 2.24) is 10.1 Å². The number of halogens is 3. The molecule has 0 aliphatic rings. The van der Waals surface area contributed by atoms with E-state index >= 15 is 0 Å². The van der Waals surface area contributed by atoms with E-state index in [4.69, 9.17) is 10.3 Å². The van der Waals surface area contributed by atoms with Gasteiger partial charge in [-0.2, -0.15) is 4.98 Å². The molecule has 2 N–H and O–H groups in total. The van der Waals surface area contributed by atoms with Crippen molar-refractivity contribution in [1.29, 1.82) is 0 Å². The van der Waals surface area contributed by atoms with E-state index in [9.17, 15) is 13.2 Å². The van der Waals surface area contributed by atoms with Gasteiger partial charge in [-0.05, 0) is 26.0 Å². The van der Waals surface area contributed by atoms with Gasteiger partial charge in [-0.15, -0.1) is 0 Å². The molecule has 2 aromatic rings. The number of nitrogens with two attached hydrogens (primary N) is 1. The predicted molar refractivity (Wildman–Crippen MR) is 56.8 cm³/mol. The van der Waals surface area contributed by atoms with Crippen LogP contribution in [0.2, 0.25) is 0 Å². The molecule has 2 rings (SSSR count). The summed E-state index contributed by atoms with van der Waals surface area (Å²) in [5.41, 5.74) is 4.54. The lowest BCUT2D eigenvalue weighted by Crippen LogP contribution is -2.30. The van der Waals surface area contributed by atoms with Crippen molar-refractivity contribution in [3.8, 4) is 11.5 Å². The van der Waals surface area contributed by atoms with Crippen molar-refractivity contribution in [2.45, 2.75) is 19.4 Å². The summed E-state index contributed by atoms with van der Waals surface area (Å²) in [6.07, 6.45) is 0. The van der Waals surface area contributed by atoms with Gasteiger partial charge in [0.25, 0.3) is 5.89 Å². The molecular formula is C11H10F3N3O. The van der Waals surface area contributed by atoms with Crippen molar-refractivity contribution in [2.24, 2.45) is 5.73 Å². The third kappa shape index (κ3) is 2.08. The fraction of sp³-hybridized carbons (Fsp3) is 0.273. The molecule has 7 heteroatoms. The van der Waals surface area contributed by atoms with Crippen LogP contribution in [0.5, 0.6) is 0 Å². The van der Waals surface area contributed by atoms with Crippen molar-refractivity contribution in [2.75, 3.05) is 0 Å². The highest BCUT2D eigenvalue weighted by Crippen LogP contribution is 2.26. The lowest BCUT2D eigenvalue weighted by molar-refractivity contribution is 0.393. The molecule has 1 aromatic carbocycles. The van der Waals surface area contributed by atoms with Gasteiger partial charge in [0.05, 0.1) is 11.1 Å². The number of hydrogen-bond donors (Lipinski definition) is 1. The Morgan fingerprint density at radius 2 is 1.83 bits per heavy atom. The van der Waals surface area contributed by atoms with Gasteiger partial charge >= 0.3 is 0 Å². The summed E-state index contributed by atoms with van der Waals surface area (Å²) in [6.45, 7) is 3.26. The zero-order valence-corrected chi connectivity index (χ0v) is 9.67. The molecule has 0 saturated heterocycles. The molecule has 0 aliphatic carbocycles. The van der Waals surface area contributed by atoms with Crippen molar-refractivity contribution in [3.63, 3.8) is 0 Å². The first-order valence-corrected chi connectivity index (χ1v) is 5.07. The molecule has 0 bridgehead atoms. The number of benzene rings is 1. The van der Waals surface area contributed by atoms with E-state index in [0.717, 1.165) is 12.1 Å². The van der Waals surface area contributed by atoms with Gasteiger partial charge in [0.2, 0.25) is 0 Å². The highest BCUT2D eigenvalue weighted by Gasteiger charge is 2.24. The van der Waals surface area contributed by atoms with Crippen molar-refractivity contribution >= 4 is 0 Å². The first-order valence-electron chi connectivity index (χ1n) is 5.07. The van der Waals surface area contributed by atoms with Crippen LogP contribution in [0.15, 0.2) is 16.7 Å². The van der Waals surface area contributed by atoms with Gasteiger partial charge in [0.15, 0.2) is 23.3 Å². The second kappa shape index (κ2) is 4.09. The first-order chi connectivity index (χ1) is 8.30. The van der Waals surface area contributed by atoms with Crippen LogP contribution in [0.4, 0.5) is 13.2 Å². The van der Waals surface area contributed by atoms with Crippen LogP contribution in [-0.4, -0.2) is 10.1 Å². The topological polar surface area (TPSA) is 64.9 Å². The van der Waals surface area contributed by atoms with E-state index in [1.54, 1.807) is 13.8 Å². The third-order valence-corrected chi connectivity index (χ3v) is 2.27. The molecule has 1 heterocycles. The Morgan fingerprint density at radius 3 is 2.39 bits per heavy atom. The Morgan fingerprint density at radius 1 is 1.17 bits per heavy atom. The second-order valence-electron chi connectivity index (χ2n) is 4.37. The fourth-order valence-corrected chi connectivity index (χ4v) is 1.29. The maximum absolute atomic E-state index is 13.5. The van der Waals surface area contributed by atoms with E-state index in [0.29, 0.717) is 0 Å². The van der Waals surface area contributed by atoms with E-state index < -0.39 is 23.0 Å². The van der Waals surface area contributed by atoms with Gasteiger partial charge < -0.3 is 10.3 Å². The zero-order chi connectivity index (χ0) is 13.5. The van der Waals surface area contributed by atoms with Crippen LogP contribution in [0.1, 0.15) is 19.7 Å². The minimum absolute atomic E-state index is 0.140. The molecule has 0 spiro atoms. The Labute approximate surface area is 101 Å². The molecule has 0 amide bonds. The Hall–Kier alpha value is -1.89. The molecular weight excluding hydrogens is 247 g/mol. The van der Waals surface area contributed by atoms with Crippen LogP contribution in [0, 0.1) is 17.5 Å². The van der Waals surface area contributed by atoms with Crippen LogP contribution in [0.3, 0.4) is 0 Å². The molecule has 0 fully saturated rings. The van der Waals surface area contributed by atoms with Crippen molar-refractivity contribution < 1.29 is 17.7 Å². The molecule has 0 atom stereocenters. The molecule has 0 saturated carbocycles. The molecule has 96 valence electrons. The molecule has 18 heavy (non-hydrogen) atoms. The Kier molecular flexibility index (Phi) is 2.86. The standard InChI is InChI=1S/C11H10F3N3O/c1-11(2,15)10-16-9(18-17-10)5-3-4-6(12)8(14)7(5)13/h3-4H,15H2,1-2H3. The molecule has 0 unspecified atom stereocenters. The Balaban J connectivity index is 2.50. The molecule has 1 aromatic heterocycles. The summed E-state index contributed by atoms with van der Waals surface area (Å²) in [6, 6.07) is 1.81. The largest absolute Gasteiger partial charge is 0.334 e. The smallest absolute Gasteiger partial charge is 0.261 e. The number of aromatic nitrogens is 2. The van der Waals surface area contributed by atoms with Crippen LogP contribution in [0.25, 0.3) is 11.5 Å². The summed E-state index contributed by atoms with van der Waals surface area (Å²) in [7, 11) is 0. The van der Waals surface area contributed by atoms with E-state index in [2.05, 4.69) is 10.1 Å². The SMILES string of the molecule is CC(C)(N)c1noc(-c2ccc(F)c(F)c2F)n1. The van der Waals surface area contributed by atoms with Crippen LogP contribution in [-0.2, 0) is 5.54 Å². The van der Waals surface area contributed by atoms with Gasteiger partial charge in [0.1, 0.15) is 0 Å². The Bertz CT molecular complexity index is 590. The maximum atomic E-state index is 13.5. The molecule has 4 nitrogen and oxygen atoms in total. The minimum Gasteiger partial charge on any atom is -0.334 e. The van der Waals surface area contributed by atoms with Crippen LogP contribution >= 0.6 is 0 Å². The van der Waals surface area contributed by atoms with Gasteiger partial charge in [0, 0.05) is 0 Å². The number of nitrogens with zero attached hydrogens (tertiary/aromatic N) is 2. The normalized spacial score (nSPS) is 11.9. The first kappa shape index (κ1) is 12.6. The van der Waals surface area contributed by atoms with Crippen molar-refractivity contribution in [3.05, 3.63) is 35.4 Å². The molecule has 0 radical (unpaired) electrons. The van der Waals surface area contributed by atoms with E-state index in [1.165, 1.54) is 0 Å². The van der Waals surface area contributed by atoms with E-state index in [1.807, 2.05) is 0 Å². The second-order valence-corrected chi connectivity index (χ2v) is 4.37. The van der Waals surface area contributed by atoms with Gasteiger partial charge in [-0.3, -0.25) is 0 Å². The maximum Gasteiger partial charge on any atom is 0.261 e. The minimum atomic E-state index is -1.58. The highest BCUT2D eigenvalue weighted by molar-refractivity contribution is 5.54. The van der Waals surface area contributed by atoms with Crippen LogP contribution < -0.4 is 5.73 Å². The summed E-state index contributed by atoms with van der Waals surface area (Å²) in [5, 5.41) is 3.56. The summed E-state index contributed by atoms with van der Waals surface area (Å²) in [4.78, 5) is 3.85.